The van der Waals surface area contributed by atoms with Crippen LogP contribution in [0.4, 0.5) is 0 Å². The van der Waals surface area contributed by atoms with Crippen LogP contribution in [0.25, 0.3) is 0 Å². The van der Waals surface area contributed by atoms with E-state index in [1.165, 1.54) is 0 Å². The van der Waals surface area contributed by atoms with E-state index in [4.69, 9.17) is 5.73 Å². The summed E-state index contributed by atoms with van der Waals surface area (Å²) in [6.45, 7) is 0. The second-order valence-electron chi connectivity index (χ2n) is 3.42. The van der Waals surface area contributed by atoms with Crippen LogP contribution in [-0.2, 0) is 14.4 Å². The molecule has 96 valence electrons. The Morgan fingerprint density at radius 3 is 2.67 bits per heavy atom. The van der Waals surface area contributed by atoms with Crippen LogP contribution in [0.1, 0.15) is 0 Å². The first-order chi connectivity index (χ1) is 8.37. The van der Waals surface area contributed by atoms with E-state index in [0.29, 0.717) is 0 Å². The highest BCUT2D eigenvalue weighted by molar-refractivity contribution is 6.10. The molecule has 0 radical (unpaired) electrons. The minimum atomic E-state index is -3.23. The van der Waals surface area contributed by atoms with Crippen LogP contribution in [0.3, 0.4) is 0 Å². The number of nitrogens with two attached hydrogens (primary N) is 1. The topological polar surface area (TPSA) is 149 Å². The number of primary amides is 1. The van der Waals surface area contributed by atoms with Crippen LogP contribution in [0.15, 0.2) is 16.7 Å². The Kier molecular flexibility index (Phi) is 2.56. The first-order valence-corrected chi connectivity index (χ1v) is 4.59. The summed E-state index contributed by atoms with van der Waals surface area (Å²) in [5.74, 6) is -5.56. The summed E-state index contributed by atoms with van der Waals surface area (Å²) in [6.07, 6.45) is -1.49. The summed E-state index contributed by atoms with van der Waals surface area (Å²) < 4.78 is 13.7. The molecule has 1 aliphatic rings. The quantitative estimate of drug-likeness (QED) is 0.375. The molecule has 1 amide bonds. The molecule has 18 heavy (non-hydrogen) atoms. The van der Waals surface area contributed by atoms with Gasteiger partial charge in [-0.2, -0.15) is 0 Å². The standard InChI is InChI=1S/C9H7NO8/c10-7(13)9(15)4(11)5(12)18-6-3(1-2-16-6)17-8(9)14/h1-2,4,11,15H,(H2,10,13). The summed E-state index contributed by atoms with van der Waals surface area (Å²) in [7, 11) is 0. The Labute approximate surface area is 98.7 Å². The van der Waals surface area contributed by atoms with Gasteiger partial charge in [-0.1, -0.05) is 0 Å². The largest absolute Gasteiger partial charge is 0.431 e. The van der Waals surface area contributed by atoms with Gasteiger partial charge < -0.3 is 29.8 Å². The number of aliphatic hydroxyl groups is 2. The lowest BCUT2D eigenvalue weighted by Crippen LogP contribution is -2.64. The first-order valence-electron chi connectivity index (χ1n) is 4.59. The number of carbonyl (C=O) groups excluding carboxylic acids is 3. The van der Waals surface area contributed by atoms with Gasteiger partial charge in [-0.3, -0.25) is 4.79 Å². The molecule has 2 unspecified atom stereocenters. The molecule has 2 rings (SSSR count). The number of esters is 2. The SMILES string of the molecule is NC(=O)C1(O)C(=O)Oc2ccoc2OC(=O)C1O. The molecule has 0 bridgehead atoms. The number of furan rings is 1. The lowest BCUT2D eigenvalue weighted by Gasteiger charge is -2.27. The zero-order valence-electron chi connectivity index (χ0n) is 8.65. The first kappa shape index (κ1) is 12.1. The lowest BCUT2D eigenvalue weighted by molar-refractivity contribution is -0.186. The lowest BCUT2D eigenvalue weighted by atomic mass is 9.95. The van der Waals surface area contributed by atoms with Gasteiger partial charge in [0.25, 0.3) is 11.5 Å². The molecule has 1 aromatic rings. The monoisotopic (exact) mass is 257 g/mol. The van der Waals surface area contributed by atoms with Gasteiger partial charge >= 0.3 is 17.9 Å². The van der Waals surface area contributed by atoms with Crippen molar-refractivity contribution in [3.8, 4) is 11.7 Å². The number of hydrogen-bond acceptors (Lipinski definition) is 8. The number of amides is 1. The normalized spacial score (nSPS) is 27.6. The van der Waals surface area contributed by atoms with Crippen molar-refractivity contribution in [2.75, 3.05) is 0 Å². The highest BCUT2D eigenvalue weighted by atomic mass is 16.7. The molecule has 0 saturated heterocycles. The third-order valence-electron chi connectivity index (χ3n) is 2.30. The van der Waals surface area contributed by atoms with Gasteiger partial charge in [0.15, 0.2) is 0 Å². The molecule has 1 aliphatic heterocycles. The summed E-state index contributed by atoms with van der Waals surface area (Å²) in [5.41, 5.74) is 1.55. The molecule has 0 fully saturated rings. The van der Waals surface area contributed by atoms with Crippen molar-refractivity contribution in [2.24, 2.45) is 5.73 Å². The van der Waals surface area contributed by atoms with Crippen molar-refractivity contribution in [1.29, 1.82) is 0 Å². The molecule has 2 atom stereocenters. The van der Waals surface area contributed by atoms with E-state index >= 15 is 0 Å². The van der Waals surface area contributed by atoms with Crippen molar-refractivity contribution in [2.45, 2.75) is 11.7 Å². The maximum absolute atomic E-state index is 11.6. The van der Waals surface area contributed by atoms with Crippen molar-refractivity contribution in [3.05, 3.63) is 12.3 Å². The molecule has 9 heteroatoms. The molecule has 4 N–H and O–H groups in total. The minimum absolute atomic E-state index is 0.333. The molecular weight excluding hydrogens is 250 g/mol. The minimum Gasteiger partial charge on any atom is -0.431 e. The molecule has 1 aromatic heterocycles. The zero-order chi connectivity index (χ0) is 13.5. The van der Waals surface area contributed by atoms with E-state index in [1.54, 1.807) is 0 Å². The zero-order valence-corrected chi connectivity index (χ0v) is 8.65. The Morgan fingerprint density at radius 1 is 1.39 bits per heavy atom. The van der Waals surface area contributed by atoms with Crippen molar-refractivity contribution in [3.63, 3.8) is 0 Å². The Bertz CT molecular complexity index is 534. The van der Waals surface area contributed by atoms with E-state index in [9.17, 15) is 24.6 Å². The Morgan fingerprint density at radius 2 is 2.06 bits per heavy atom. The van der Waals surface area contributed by atoms with Crippen LogP contribution in [0.5, 0.6) is 11.7 Å². The van der Waals surface area contributed by atoms with E-state index in [2.05, 4.69) is 13.9 Å². The van der Waals surface area contributed by atoms with E-state index in [1.807, 2.05) is 0 Å². The highest BCUT2D eigenvalue weighted by Gasteiger charge is 2.56. The number of aliphatic hydroxyl groups excluding tert-OH is 1. The van der Waals surface area contributed by atoms with Crippen molar-refractivity contribution in [1.82, 2.24) is 0 Å². The maximum atomic E-state index is 11.6. The summed E-state index contributed by atoms with van der Waals surface area (Å²) in [4.78, 5) is 34.0. The third-order valence-corrected chi connectivity index (χ3v) is 2.30. The summed E-state index contributed by atoms with van der Waals surface area (Å²) >= 11 is 0. The summed E-state index contributed by atoms with van der Waals surface area (Å²) in [5, 5.41) is 19.1. The molecular formula is C9H7NO8. The molecule has 0 aromatic carbocycles. The molecule has 0 aliphatic carbocycles. The predicted octanol–water partition coefficient (Wildman–Crippen LogP) is -2.32. The molecule has 0 spiro atoms. The Balaban J connectivity index is 2.52. The van der Waals surface area contributed by atoms with Gasteiger partial charge in [0.1, 0.15) is 0 Å². The fourth-order valence-electron chi connectivity index (χ4n) is 1.28. The number of hydrogen-bond donors (Lipinski definition) is 3. The number of fused-ring (bicyclic) bond motifs is 1. The average molecular weight is 257 g/mol. The fourth-order valence-corrected chi connectivity index (χ4v) is 1.28. The van der Waals surface area contributed by atoms with Crippen LogP contribution >= 0.6 is 0 Å². The van der Waals surface area contributed by atoms with Gasteiger partial charge in [0, 0.05) is 6.07 Å². The summed E-state index contributed by atoms with van der Waals surface area (Å²) in [6, 6.07) is 1.11. The van der Waals surface area contributed by atoms with Crippen LogP contribution in [-0.4, -0.2) is 39.8 Å². The highest BCUT2D eigenvalue weighted by Crippen LogP contribution is 2.32. The molecule has 9 nitrogen and oxygen atoms in total. The number of ether oxygens (including phenoxy) is 2. The van der Waals surface area contributed by atoms with Gasteiger partial charge in [0.2, 0.25) is 11.9 Å². The Hall–Kier alpha value is -2.39. The van der Waals surface area contributed by atoms with Crippen molar-refractivity contribution < 1.29 is 38.5 Å². The molecule has 2 heterocycles. The second kappa shape index (κ2) is 3.82. The van der Waals surface area contributed by atoms with Gasteiger partial charge in [-0.15, -0.1) is 0 Å². The van der Waals surface area contributed by atoms with E-state index < -0.39 is 35.5 Å². The fraction of sp³-hybridized carbons (Fsp3) is 0.222. The predicted molar refractivity (Wildman–Crippen MR) is 50.1 cm³/mol. The number of carbonyl (C=O) groups is 3. The van der Waals surface area contributed by atoms with Gasteiger partial charge in [-0.05, 0) is 0 Å². The maximum Gasteiger partial charge on any atom is 0.357 e. The molecule has 0 saturated carbocycles. The van der Waals surface area contributed by atoms with E-state index in [0.717, 1.165) is 12.3 Å². The van der Waals surface area contributed by atoms with Gasteiger partial charge in [0.05, 0.1) is 6.26 Å². The second-order valence-corrected chi connectivity index (χ2v) is 3.42. The van der Waals surface area contributed by atoms with E-state index in [-0.39, 0.29) is 5.75 Å². The van der Waals surface area contributed by atoms with Crippen LogP contribution in [0.2, 0.25) is 0 Å². The average Bonchev–Trinajstić information content (AvgIpc) is 2.72. The number of rotatable bonds is 1. The van der Waals surface area contributed by atoms with Crippen LogP contribution < -0.4 is 15.2 Å². The van der Waals surface area contributed by atoms with Gasteiger partial charge in [-0.25, -0.2) is 9.59 Å². The van der Waals surface area contributed by atoms with Crippen molar-refractivity contribution >= 4 is 17.8 Å². The third kappa shape index (κ3) is 1.53. The van der Waals surface area contributed by atoms with Crippen LogP contribution in [0, 0.1) is 0 Å². The smallest absolute Gasteiger partial charge is 0.357 e.